The summed E-state index contributed by atoms with van der Waals surface area (Å²) in [7, 11) is 0. The molecule has 20 heavy (non-hydrogen) atoms. The molecule has 0 saturated carbocycles. The van der Waals surface area contributed by atoms with Gasteiger partial charge in [-0.3, -0.25) is 5.41 Å². The largest absolute Gasteiger partial charge is 0.384 e. The smallest absolute Gasteiger partial charge is 0.155 e. The molecule has 3 nitrogen and oxygen atoms in total. The molecule has 1 aromatic heterocycles. The predicted molar refractivity (Wildman–Crippen MR) is 88.9 cm³/mol. The van der Waals surface area contributed by atoms with E-state index in [4.69, 9.17) is 11.1 Å². The molecule has 2 aromatic carbocycles. The molecule has 3 rings (SSSR count). The Morgan fingerprint density at radius 2 is 2.00 bits per heavy atom. The molecule has 0 fully saturated rings. The van der Waals surface area contributed by atoms with Crippen LogP contribution in [0.5, 0.6) is 0 Å². The van der Waals surface area contributed by atoms with Crippen LogP contribution in [-0.4, -0.2) is 10.8 Å². The van der Waals surface area contributed by atoms with E-state index in [1.54, 1.807) is 11.3 Å². The molecule has 3 N–H and O–H groups in total. The molecular weight excluding hydrogens is 354 g/mol. The van der Waals surface area contributed by atoms with Crippen LogP contribution in [0.3, 0.4) is 0 Å². The van der Waals surface area contributed by atoms with Gasteiger partial charge in [0, 0.05) is 14.9 Å². The molecule has 0 unspecified atom stereocenters. The van der Waals surface area contributed by atoms with E-state index in [1.165, 1.54) is 11.8 Å². The summed E-state index contributed by atoms with van der Waals surface area (Å²) in [4.78, 5) is 5.53. The molecule has 100 valence electrons. The van der Waals surface area contributed by atoms with Gasteiger partial charge in [-0.15, -0.1) is 11.3 Å². The third-order valence-electron chi connectivity index (χ3n) is 2.72. The second-order valence-corrected chi connectivity index (χ2v) is 7.25. The van der Waals surface area contributed by atoms with E-state index in [9.17, 15) is 0 Å². The molecule has 0 bridgehead atoms. The monoisotopic (exact) mass is 363 g/mol. The summed E-state index contributed by atoms with van der Waals surface area (Å²) in [5, 5.41) is 7.71. The number of halogens is 1. The van der Waals surface area contributed by atoms with Gasteiger partial charge in [0.2, 0.25) is 0 Å². The van der Waals surface area contributed by atoms with E-state index >= 15 is 0 Å². The maximum atomic E-state index is 7.71. The lowest BCUT2D eigenvalue weighted by Crippen LogP contribution is -2.13. The predicted octanol–water partition coefficient (Wildman–Crippen LogP) is 4.49. The minimum Gasteiger partial charge on any atom is -0.384 e. The quantitative estimate of drug-likeness (QED) is 0.532. The lowest BCUT2D eigenvalue weighted by atomic mass is 10.2. The van der Waals surface area contributed by atoms with Crippen LogP contribution in [0.1, 0.15) is 5.56 Å². The Bertz CT molecular complexity index is 765. The second-order valence-electron chi connectivity index (χ2n) is 4.08. The Balaban J connectivity index is 2.02. The Hall–Kier alpha value is -1.37. The number of nitrogens with one attached hydrogen (secondary N) is 1. The van der Waals surface area contributed by atoms with Gasteiger partial charge in [-0.1, -0.05) is 30.0 Å². The van der Waals surface area contributed by atoms with E-state index in [2.05, 4.69) is 27.0 Å². The number of amidine groups is 1. The summed E-state index contributed by atoms with van der Waals surface area (Å²) in [5.41, 5.74) is 7.39. The van der Waals surface area contributed by atoms with Gasteiger partial charge in [-0.2, -0.15) is 0 Å². The number of nitrogens with two attached hydrogens (primary N) is 1. The normalized spacial score (nSPS) is 10.8. The van der Waals surface area contributed by atoms with Gasteiger partial charge in [-0.05, 0) is 40.2 Å². The lowest BCUT2D eigenvalue weighted by Gasteiger charge is -2.07. The number of fused-ring (bicyclic) bond motifs is 1. The van der Waals surface area contributed by atoms with Crippen LogP contribution >= 0.6 is 39.0 Å². The number of aromatic nitrogens is 1. The van der Waals surface area contributed by atoms with Crippen molar-refractivity contribution in [1.82, 2.24) is 4.98 Å². The zero-order chi connectivity index (χ0) is 14.1. The Morgan fingerprint density at radius 3 is 2.75 bits per heavy atom. The number of nitrogens with zero attached hydrogens (tertiary/aromatic N) is 1. The van der Waals surface area contributed by atoms with Crippen LogP contribution in [0, 0.1) is 5.41 Å². The first-order valence-corrected chi connectivity index (χ1v) is 8.24. The number of para-hydroxylation sites is 1. The molecular formula is C14H10BrN3S2. The van der Waals surface area contributed by atoms with Crippen LogP contribution in [0.2, 0.25) is 0 Å². The fourth-order valence-electron chi connectivity index (χ4n) is 1.84. The summed E-state index contributed by atoms with van der Waals surface area (Å²) < 4.78 is 2.94. The molecule has 6 heteroatoms. The fraction of sp³-hybridized carbons (Fsp3) is 0. The van der Waals surface area contributed by atoms with E-state index < -0.39 is 0 Å². The van der Waals surface area contributed by atoms with Gasteiger partial charge in [0.15, 0.2) is 4.34 Å². The van der Waals surface area contributed by atoms with Crippen molar-refractivity contribution in [2.75, 3.05) is 0 Å². The Morgan fingerprint density at radius 1 is 1.20 bits per heavy atom. The third kappa shape index (κ3) is 2.59. The lowest BCUT2D eigenvalue weighted by molar-refractivity contribution is 1.27. The number of nitrogen functional groups attached to an aromatic ring is 1. The van der Waals surface area contributed by atoms with Crippen molar-refractivity contribution >= 4 is 55.1 Å². The highest BCUT2D eigenvalue weighted by atomic mass is 79.9. The second kappa shape index (κ2) is 5.55. The minimum absolute atomic E-state index is 0.0566. The Labute approximate surface area is 132 Å². The average Bonchev–Trinajstić information content (AvgIpc) is 2.80. The summed E-state index contributed by atoms with van der Waals surface area (Å²) in [6.45, 7) is 0. The summed E-state index contributed by atoms with van der Waals surface area (Å²) in [6.07, 6.45) is 0. The first kappa shape index (κ1) is 13.6. The Kier molecular flexibility index (Phi) is 3.78. The zero-order valence-electron chi connectivity index (χ0n) is 10.3. The molecule has 0 saturated heterocycles. The van der Waals surface area contributed by atoms with Gasteiger partial charge in [0.05, 0.1) is 10.2 Å². The van der Waals surface area contributed by atoms with Gasteiger partial charge < -0.3 is 5.73 Å². The number of rotatable bonds is 3. The standard InChI is InChI=1S/C14H10BrN3S2/c15-8-4-3-7-11(12(8)13(16)17)20-14-18-9-5-1-2-6-10(9)19-14/h1-7H,(H3,16,17). The van der Waals surface area contributed by atoms with Crippen molar-refractivity contribution in [2.45, 2.75) is 9.24 Å². The molecule has 0 amide bonds. The molecule has 1 heterocycles. The van der Waals surface area contributed by atoms with E-state index in [1.807, 2.05) is 36.4 Å². The van der Waals surface area contributed by atoms with Crippen molar-refractivity contribution < 1.29 is 0 Å². The van der Waals surface area contributed by atoms with Gasteiger partial charge in [-0.25, -0.2) is 4.98 Å². The van der Waals surface area contributed by atoms with E-state index in [0.29, 0.717) is 0 Å². The molecule has 0 aliphatic heterocycles. The van der Waals surface area contributed by atoms with Crippen molar-refractivity contribution in [1.29, 1.82) is 5.41 Å². The minimum atomic E-state index is 0.0566. The number of hydrogen-bond acceptors (Lipinski definition) is 4. The first-order valence-electron chi connectivity index (χ1n) is 5.81. The highest BCUT2D eigenvalue weighted by Gasteiger charge is 2.13. The highest BCUT2D eigenvalue weighted by Crippen LogP contribution is 2.37. The molecule has 0 atom stereocenters. The van der Waals surface area contributed by atoms with Crippen LogP contribution in [0.4, 0.5) is 0 Å². The van der Waals surface area contributed by atoms with Crippen LogP contribution in [0.25, 0.3) is 10.2 Å². The van der Waals surface area contributed by atoms with E-state index in [0.717, 1.165) is 29.5 Å². The molecule has 0 aliphatic rings. The summed E-state index contributed by atoms with van der Waals surface area (Å²) >= 11 is 6.63. The number of thiazole rings is 1. The van der Waals surface area contributed by atoms with Gasteiger partial charge >= 0.3 is 0 Å². The van der Waals surface area contributed by atoms with Crippen LogP contribution < -0.4 is 5.73 Å². The third-order valence-corrected chi connectivity index (χ3v) is 5.53. The van der Waals surface area contributed by atoms with Crippen LogP contribution in [-0.2, 0) is 0 Å². The molecule has 0 spiro atoms. The maximum Gasteiger partial charge on any atom is 0.155 e. The fourth-order valence-corrected chi connectivity index (χ4v) is 4.75. The summed E-state index contributed by atoms with van der Waals surface area (Å²) in [5.74, 6) is 0.0566. The van der Waals surface area contributed by atoms with Crippen molar-refractivity contribution in [3.05, 3.63) is 52.5 Å². The molecule has 3 aromatic rings. The average molecular weight is 364 g/mol. The van der Waals surface area contributed by atoms with Crippen LogP contribution in [0.15, 0.2) is 56.2 Å². The topological polar surface area (TPSA) is 62.8 Å². The maximum absolute atomic E-state index is 7.71. The number of hydrogen-bond donors (Lipinski definition) is 2. The van der Waals surface area contributed by atoms with Gasteiger partial charge in [0.1, 0.15) is 5.84 Å². The zero-order valence-corrected chi connectivity index (χ0v) is 13.5. The summed E-state index contributed by atoms with van der Waals surface area (Å²) in [6, 6.07) is 13.8. The highest BCUT2D eigenvalue weighted by molar-refractivity contribution is 9.10. The van der Waals surface area contributed by atoms with Gasteiger partial charge in [0.25, 0.3) is 0 Å². The first-order chi connectivity index (χ1) is 9.65. The van der Waals surface area contributed by atoms with Crippen molar-refractivity contribution in [3.8, 4) is 0 Å². The number of benzene rings is 2. The molecule has 0 radical (unpaired) electrons. The van der Waals surface area contributed by atoms with Crippen molar-refractivity contribution in [2.24, 2.45) is 5.73 Å². The molecule has 0 aliphatic carbocycles. The van der Waals surface area contributed by atoms with Crippen molar-refractivity contribution in [3.63, 3.8) is 0 Å². The SMILES string of the molecule is N=C(N)c1c(Br)cccc1Sc1nc2ccccc2s1. The van der Waals surface area contributed by atoms with E-state index in [-0.39, 0.29) is 5.84 Å².